The number of nitrogens with zero attached hydrogens (tertiary/aromatic N) is 2. The van der Waals surface area contributed by atoms with Gasteiger partial charge in [-0.1, -0.05) is 44.5 Å². The molecule has 3 aliphatic rings. The standard InChI is InChI=1S/C29H37ClN2O5S/c1-6-8-14-37-28(36)23-22-15-18(5)29(38-22)24(23)26(34)32(21(16-33)17(3)4)25(29)27(35)31(13-7-2)20-11-9-19(30)10-12-20/h6-7,9-12,17-18,21-25,33H,1-2,8,13-16H2,3-5H3/t18?,21-,22-,23+,24-,25?,29?/m0/s1. The Morgan fingerprint density at radius 2 is 1.97 bits per heavy atom. The van der Waals surface area contributed by atoms with Gasteiger partial charge in [0.15, 0.2) is 0 Å². The van der Waals surface area contributed by atoms with Crippen molar-refractivity contribution >= 4 is 46.8 Å². The summed E-state index contributed by atoms with van der Waals surface area (Å²) < 4.78 is 4.76. The second-order valence-electron chi connectivity index (χ2n) is 10.8. The summed E-state index contributed by atoms with van der Waals surface area (Å²) in [6.07, 6.45) is 4.57. The maximum absolute atomic E-state index is 14.6. The van der Waals surface area contributed by atoms with E-state index in [0.717, 1.165) is 0 Å². The Morgan fingerprint density at radius 1 is 1.29 bits per heavy atom. The average Bonchev–Trinajstić information content (AvgIpc) is 3.47. The van der Waals surface area contributed by atoms with Gasteiger partial charge in [-0.25, -0.2) is 0 Å². The third kappa shape index (κ3) is 4.58. The van der Waals surface area contributed by atoms with Crippen LogP contribution in [0.3, 0.4) is 0 Å². The minimum atomic E-state index is -0.855. The predicted octanol–water partition coefficient (Wildman–Crippen LogP) is 4.33. The molecule has 206 valence electrons. The number of thioether (sulfide) groups is 1. The molecule has 7 nitrogen and oxygen atoms in total. The summed E-state index contributed by atoms with van der Waals surface area (Å²) in [4.78, 5) is 45.5. The molecule has 0 aliphatic carbocycles. The highest BCUT2D eigenvalue weighted by molar-refractivity contribution is 8.02. The number of benzene rings is 1. The minimum absolute atomic E-state index is 0.00456. The molecule has 1 spiro atoms. The van der Waals surface area contributed by atoms with Crippen LogP contribution in [0.15, 0.2) is 49.6 Å². The zero-order valence-corrected chi connectivity index (χ0v) is 23.8. The highest BCUT2D eigenvalue weighted by Gasteiger charge is 2.77. The molecule has 2 bridgehead atoms. The molecule has 3 saturated heterocycles. The van der Waals surface area contributed by atoms with E-state index in [1.165, 1.54) is 0 Å². The minimum Gasteiger partial charge on any atom is -0.465 e. The number of hydrogen-bond donors (Lipinski definition) is 1. The number of ether oxygens (including phenoxy) is 1. The molecule has 3 unspecified atom stereocenters. The average molecular weight is 561 g/mol. The van der Waals surface area contributed by atoms with Crippen LogP contribution in [0.4, 0.5) is 5.69 Å². The number of carbonyl (C=O) groups is 3. The largest absolute Gasteiger partial charge is 0.465 e. The first-order valence-corrected chi connectivity index (χ1v) is 14.5. The summed E-state index contributed by atoms with van der Waals surface area (Å²) in [5.41, 5.74) is 0.641. The van der Waals surface area contributed by atoms with Crippen LogP contribution in [0.2, 0.25) is 5.02 Å². The van der Waals surface area contributed by atoms with Crippen molar-refractivity contribution in [3.05, 3.63) is 54.6 Å². The zero-order chi connectivity index (χ0) is 27.8. The number of aliphatic hydroxyl groups excluding tert-OH is 1. The second kappa shape index (κ2) is 11.4. The molecule has 3 aliphatic heterocycles. The van der Waals surface area contributed by atoms with Gasteiger partial charge in [-0.2, -0.15) is 0 Å². The van der Waals surface area contributed by atoms with E-state index in [-0.39, 0.29) is 48.7 Å². The van der Waals surface area contributed by atoms with E-state index in [1.54, 1.807) is 58.0 Å². The SMILES string of the molecule is C=CCCOC(=O)[C@@H]1[C@@H]2CC(C)C3(S2)C(C(=O)N(CC=C)c2ccc(Cl)cc2)N([C@@H](CO)C(C)C)C(=O)[C@H]13. The fourth-order valence-corrected chi connectivity index (χ4v) is 9.06. The molecular weight excluding hydrogens is 524 g/mol. The molecular formula is C29H37ClN2O5S. The van der Waals surface area contributed by atoms with Crippen LogP contribution in [0.1, 0.15) is 33.6 Å². The molecule has 4 rings (SSSR count). The van der Waals surface area contributed by atoms with Gasteiger partial charge in [0.05, 0.1) is 35.8 Å². The van der Waals surface area contributed by atoms with Crippen molar-refractivity contribution in [3.63, 3.8) is 0 Å². The quantitative estimate of drug-likeness (QED) is 0.246. The zero-order valence-electron chi connectivity index (χ0n) is 22.2. The van der Waals surface area contributed by atoms with Crippen molar-refractivity contribution in [1.82, 2.24) is 4.90 Å². The highest BCUT2D eigenvalue weighted by atomic mass is 35.5. The Balaban J connectivity index is 1.82. The molecule has 38 heavy (non-hydrogen) atoms. The Bertz CT molecular complexity index is 1090. The van der Waals surface area contributed by atoms with Gasteiger partial charge < -0.3 is 19.6 Å². The van der Waals surface area contributed by atoms with Gasteiger partial charge in [0.2, 0.25) is 5.91 Å². The highest BCUT2D eigenvalue weighted by Crippen LogP contribution is 2.69. The number of halogens is 1. The van der Waals surface area contributed by atoms with E-state index in [4.69, 9.17) is 16.3 Å². The van der Waals surface area contributed by atoms with E-state index in [2.05, 4.69) is 20.1 Å². The Kier molecular flexibility index (Phi) is 8.65. The molecule has 0 aromatic heterocycles. The summed E-state index contributed by atoms with van der Waals surface area (Å²) in [5, 5.41) is 10.9. The second-order valence-corrected chi connectivity index (χ2v) is 12.7. The molecule has 2 amide bonds. The van der Waals surface area contributed by atoms with Crippen molar-refractivity contribution in [2.75, 3.05) is 24.7 Å². The molecule has 0 radical (unpaired) electrons. The van der Waals surface area contributed by atoms with Crippen molar-refractivity contribution in [2.45, 2.75) is 55.7 Å². The maximum atomic E-state index is 14.6. The van der Waals surface area contributed by atoms with E-state index < -0.39 is 34.6 Å². The predicted molar refractivity (Wildman–Crippen MR) is 151 cm³/mol. The Hall–Kier alpha value is -2.29. The van der Waals surface area contributed by atoms with Crippen LogP contribution in [-0.2, 0) is 19.1 Å². The van der Waals surface area contributed by atoms with E-state index in [1.807, 2.05) is 13.8 Å². The fraction of sp³-hybridized carbons (Fsp3) is 0.552. The number of rotatable bonds is 11. The van der Waals surface area contributed by atoms with Crippen LogP contribution < -0.4 is 4.90 Å². The first-order chi connectivity index (χ1) is 18.1. The van der Waals surface area contributed by atoms with Crippen LogP contribution >= 0.6 is 23.4 Å². The lowest BCUT2D eigenvalue weighted by Crippen LogP contribution is -2.60. The van der Waals surface area contributed by atoms with E-state index >= 15 is 0 Å². The van der Waals surface area contributed by atoms with Crippen molar-refractivity contribution < 1.29 is 24.2 Å². The third-order valence-corrected chi connectivity index (χ3v) is 10.6. The number of esters is 1. The number of anilines is 1. The molecule has 1 aromatic rings. The van der Waals surface area contributed by atoms with Crippen molar-refractivity contribution in [2.24, 2.45) is 23.7 Å². The molecule has 3 fully saturated rings. The Labute approximate surface area is 234 Å². The summed E-state index contributed by atoms with van der Waals surface area (Å²) in [6.45, 7) is 13.6. The van der Waals surface area contributed by atoms with Crippen molar-refractivity contribution in [3.8, 4) is 0 Å². The first kappa shape index (κ1) is 28.7. The number of carbonyl (C=O) groups excluding carboxylic acids is 3. The lowest BCUT2D eigenvalue weighted by molar-refractivity contribution is -0.155. The van der Waals surface area contributed by atoms with Crippen molar-refractivity contribution in [1.29, 1.82) is 0 Å². The fourth-order valence-electron chi connectivity index (χ4n) is 6.54. The number of likely N-dealkylation sites (tertiary alicyclic amines) is 1. The van der Waals surface area contributed by atoms with Gasteiger partial charge in [-0.05, 0) is 48.9 Å². The van der Waals surface area contributed by atoms with Gasteiger partial charge in [0.25, 0.3) is 5.91 Å². The lowest BCUT2D eigenvalue weighted by atomic mass is 9.66. The smallest absolute Gasteiger partial charge is 0.310 e. The van der Waals surface area contributed by atoms with Crippen LogP contribution in [0, 0.1) is 23.7 Å². The molecule has 0 saturated carbocycles. The van der Waals surface area contributed by atoms with Gasteiger partial charge in [-0.15, -0.1) is 24.9 Å². The summed E-state index contributed by atoms with van der Waals surface area (Å²) in [7, 11) is 0. The van der Waals surface area contributed by atoms with E-state index in [0.29, 0.717) is 23.6 Å². The molecule has 1 aromatic carbocycles. The number of aliphatic hydroxyl groups is 1. The van der Waals surface area contributed by atoms with Gasteiger partial charge >= 0.3 is 5.97 Å². The summed E-state index contributed by atoms with van der Waals surface area (Å²) in [5.74, 6) is -2.33. The number of fused-ring (bicyclic) bond motifs is 1. The molecule has 1 N–H and O–H groups in total. The molecule has 7 atom stereocenters. The Morgan fingerprint density at radius 3 is 2.55 bits per heavy atom. The van der Waals surface area contributed by atoms with Gasteiger partial charge in [0, 0.05) is 22.5 Å². The maximum Gasteiger partial charge on any atom is 0.310 e. The summed E-state index contributed by atoms with van der Waals surface area (Å²) >= 11 is 7.70. The first-order valence-electron chi connectivity index (χ1n) is 13.2. The number of hydrogen-bond acceptors (Lipinski definition) is 6. The number of amides is 2. The van der Waals surface area contributed by atoms with E-state index in [9.17, 15) is 19.5 Å². The molecule has 9 heteroatoms. The van der Waals surface area contributed by atoms with Crippen LogP contribution in [0.25, 0.3) is 0 Å². The van der Waals surface area contributed by atoms with Gasteiger partial charge in [0.1, 0.15) is 6.04 Å². The topological polar surface area (TPSA) is 87.2 Å². The third-order valence-electron chi connectivity index (χ3n) is 8.29. The van der Waals surface area contributed by atoms with Crippen LogP contribution in [-0.4, -0.2) is 69.6 Å². The normalized spacial score (nSPS) is 30.3. The van der Waals surface area contributed by atoms with Gasteiger partial charge in [-0.3, -0.25) is 14.4 Å². The lowest BCUT2D eigenvalue weighted by Gasteiger charge is -2.42. The molecule has 3 heterocycles. The monoisotopic (exact) mass is 560 g/mol. The van der Waals surface area contributed by atoms with Crippen LogP contribution in [0.5, 0.6) is 0 Å². The summed E-state index contributed by atoms with van der Waals surface area (Å²) in [6, 6.07) is 5.56.